The highest BCUT2D eigenvalue weighted by atomic mass is 16.4. The second-order valence-corrected chi connectivity index (χ2v) is 7.19. The topological polar surface area (TPSA) is 89.9 Å². The van der Waals surface area contributed by atoms with Crippen molar-refractivity contribution < 1.29 is 19.8 Å². The molecular formula is C16H26N2O4. The van der Waals surface area contributed by atoms with E-state index in [4.69, 9.17) is 0 Å². The van der Waals surface area contributed by atoms with Crippen LogP contribution < -0.4 is 5.32 Å². The number of nitrogens with zero attached hydrogens (tertiary/aromatic N) is 1. The smallest absolute Gasteiger partial charge is 0.320 e. The van der Waals surface area contributed by atoms with Gasteiger partial charge in [0.05, 0.1) is 5.92 Å². The van der Waals surface area contributed by atoms with E-state index in [-0.39, 0.29) is 5.92 Å². The summed E-state index contributed by atoms with van der Waals surface area (Å²) in [7, 11) is 0. The lowest BCUT2D eigenvalue weighted by atomic mass is 9.71. The first-order valence-corrected chi connectivity index (χ1v) is 8.47. The van der Waals surface area contributed by atoms with E-state index in [1.54, 1.807) is 0 Å². The van der Waals surface area contributed by atoms with Gasteiger partial charge in [0.2, 0.25) is 0 Å². The zero-order valence-electron chi connectivity index (χ0n) is 12.9. The molecule has 3 rings (SSSR count). The summed E-state index contributed by atoms with van der Waals surface area (Å²) < 4.78 is 0. The molecule has 0 aromatic rings. The van der Waals surface area contributed by atoms with Crippen molar-refractivity contribution in [2.45, 2.75) is 50.6 Å². The highest BCUT2D eigenvalue weighted by Gasteiger charge is 2.40. The molecule has 0 radical (unpaired) electrons. The molecule has 0 aromatic carbocycles. The first-order valence-electron chi connectivity index (χ1n) is 8.47. The standard InChI is InChI=1S/C16H26N2O4/c19-15(20)11-2-1-5-18(9-11)13-4-3-10-8-17-14(16(21)22)7-12(10)6-13/h10-14,17H,1-9H2,(H,19,20)(H,21,22). The van der Waals surface area contributed by atoms with E-state index in [0.717, 1.165) is 45.2 Å². The highest BCUT2D eigenvalue weighted by Crippen LogP contribution is 2.38. The number of carbonyl (C=O) groups is 2. The number of carboxylic acids is 2. The third-order valence-electron chi connectivity index (χ3n) is 5.89. The molecule has 6 nitrogen and oxygen atoms in total. The number of carboxylic acid groups (broad SMARTS) is 2. The average molecular weight is 310 g/mol. The third-order valence-corrected chi connectivity index (χ3v) is 5.89. The molecule has 3 N–H and O–H groups in total. The zero-order chi connectivity index (χ0) is 15.7. The molecule has 124 valence electrons. The van der Waals surface area contributed by atoms with Crippen molar-refractivity contribution in [1.29, 1.82) is 0 Å². The number of hydrogen-bond acceptors (Lipinski definition) is 4. The summed E-state index contributed by atoms with van der Waals surface area (Å²) >= 11 is 0. The van der Waals surface area contributed by atoms with Gasteiger partial charge in [0.1, 0.15) is 6.04 Å². The fraction of sp³-hybridized carbons (Fsp3) is 0.875. The van der Waals surface area contributed by atoms with Crippen LogP contribution in [0.2, 0.25) is 0 Å². The molecule has 1 aliphatic carbocycles. The predicted octanol–water partition coefficient (Wildman–Crippen LogP) is 1.01. The van der Waals surface area contributed by atoms with Crippen LogP contribution in [-0.4, -0.2) is 58.8 Å². The van der Waals surface area contributed by atoms with Crippen molar-refractivity contribution >= 4 is 11.9 Å². The fourth-order valence-electron chi connectivity index (χ4n) is 4.60. The van der Waals surface area contributed by atoms with Gasteiger partial charge in [0.15, 0.2) is 0 Å². The fourth-order valence-corrected chi connectivity index (χ4v) is 4.60. The summed E-state index contributed by atoms with van der Waals surface area (Å²) in [4.78, 5) is 24.8. The Labute approximate surface area is 130 Å². The number of likely N-dealkylation sites (tertiary alicyclic amines) is 1. The van der Waals surface area contributed by atoms with E-state index < -0.39 is 18.0 Å². The number of fused-ring (bicyclic) bond motifs is 1. The lowest BCUT2D eigenvalue weighted by Gasteiger charge is -2.46. The molecule has 2 saturated heterocycles. The Morgan fingerprint density at radius 1 is 1.00 bits per heavy atom. The third kappa shape index (κ3) is 3.27. The SMILES string of the molecule is O=C(O)C1CCCN(C2CCC3CNC(C(=O)O)CC3C2)C1. The molecule has 5 unspecified atom stereocenters. The van der Waals surface area contributed by atoms with E-state index in [9.17, 15) is 19.8 Å². The van der Waals surface area contributed by atoms with Crippen LogP contribution in [0, 0.1) is 17.8 Å². The van der Waals surface area contributed by atoms with E-state index >= 15 is 0 Å². The molecule has 2 heterocycles. The number of nitrogens with one attached hydrogen (secondary N) is 1. The quantitative estimate of drug-likeness (QED) is 0.721. The van der Waals surface area contributed by atoms with Crippen molar-refractivity contribution in [2.24, 2.45) is 17.8 Å². The Bertz CT molecular complexity index is 426. The maximum absolute atomic E-state index is 11.2. The molecular weight excluding hydrogens is 284 g/mol. The number of aliphatic carboxylic acids is 2. The number of rotatable bonds is 3. The van der Waals surface area contributed by atoms with Crippen molar-refractivity contribution in [3.05, 3.63) is 0 Å². The monoisotopic (exact) mass is 310 g/mol. The molecule has 5 atom stereocenters. The van der Waals surface area contributed by atoms with E-state index in [1.165, 1.54) is 0 Å². The van der Waals surface area contributed by atoms with Gasteiger partial charge in [-0.2, -0.15) is 0 Å². The van der Waals surface area contributed by atoms with Crippen LogP contribution in [0.15, 0.2) is 0 Å². The first-order chi connectivity index (χ1) is 10.5. The van der Waals surface area contributed by atoms with Crippen molar-refractivity contribution in [2.75, 3.05) is 19.6 Å². The van der Waals surface area contributed by atoms with Crippen LogP contribution in [0.4, 0.5) is 0 Å². The van der Waals surface area contributed by atoms with Gasteiger partial charge >= 0.3 is 11.9 Å². The van der Waals surface area contributed by atoms with Crippen LogP contribution in [-0.2, 0) is 9.59 Å². The van der Waals surface area contributed by atoms with Crippen LogP contribution in [0.1, 0.15) is 38.5 Å². The second kappa shape index (κ2) is 6.54. The van der Waals surface area contributed by atoms with Gasteiger partial charge in [-0.1, -0.05) is 0 Å². The molecule has 3 fully saturated rings. The molecule has 22 heavy (non-hydrogen) atoms. The molecule has 0 bridgehead atoms. The lowest BCUT2D eigenvalue weighted by Crippen LogP contribution is -2.53. The van der Waals surface area contributed by atoms with Crippen molar-refractivity contribution in [3.63, 3.8) is 0 Å². The summed E-state index contributed by atoms with van der Waals surface area (Å²) in [6.45, 7) is 2.47. The van der Waals surface area contributed by atoms with Crippen molar-refractivity contribution in [1.82, 2.24) is 10.2 Å². The van der Waals surface area contributed by atoms with Gasteiger partial charge in [0, 0.05) is 12.6 Å². The predicted molar refractivity (Wildman–Crippen MR) is 80.6 cm³/mol. The normalized spacial score (nSPS) is 39.9. The second-order valence-electron chi connectivity index (χ2n) is 7.19. The zero-order valence-corrected chi connectivity index (χ0v) is 12.9. The molecule has 0 aromatic heterocycles. The lowest BCUT2D eigenvalue weighted by molar-refractivity contribution is -0.145. The highest BCUT2D eigenvalue weighted by molar-refractivity contribution is 5.73. The van der Waals surface area contributed by atoms with Crippen LogP contribution in [0.5, 0.6) is 0 Å². The molecule has 0 amide bonds. The van der Waals surface area contributed by atoms with E-state index in [0.29, 0.717) is 30.8 Å². The summed E-state index contributed by atoms with van der Waals surface area (Å²) in [5, 5.41) is 21.6. The van der Waals surface area contributed by atoms with Gasteiger partial charge in [-0.3, -0.25) is 14.5 Å². The molecule has 6 heteroatoms. The van der Waals surface area contributed by atoms with Gasteiger partial charge in [-0.25, -0.2) is 0 Å². The van der Waals surface area contributed by atoms with Crippen molar-refractivity contribution in [3.8, 4) is 0 Å². The first kappa shape index (κ1) is 15.7. The Hall–Kier alpha value is -1.14. The Morgan fingerprint density at radius 3 is 2.55 bits per heavy atom. The van der Waals surface area contributed by atoms with Gasteiger partial charge in [0.25, 0.3) is 0 Å². The van der Waals surface area contributed by atoms with Gasteiger partial charge in [-0.05, 0) is 63.5 Å². The van der Waals surface area contributed by atoms with Crippen LogP contribution >= 0.6 is 0 Å². The molecule has 2 aliphatic heterocycles. The summed E-state index contributed by atoms with van der Waals surface area (Å²) in [5.41, 5.74) is 0. The Morgan fingerprint density at radius 2 is 1.82 bits per heavy atom. The van der Waals surface area contributed by atoms with Gasteiger partial charge in [-0.15, -0.1) is 0 Å². The minimum Gasteiger partial charge on any atom is -0.481 e. The Balaban J connectivity index is 1.60. The molecule has 3 aliphatic rings. The molecule has 1 saturated carbocycles. The molecule has 0 spiro atoms. The van der Waals surface area contributed by atoms with Crippen LogP contribution in [0.25, 0.3) is 0 Å². The largest absolute Gasteiger partial charge is 0.481 e. The maximum Gasteiger partial charge on any atom is 0.320 e. The average Bonchev–Trinajstić information content (AvgIpc) is 2.53. The Kier molecular flexibility index (Phi) is 4.68. The van der Waals surface area contributed by atoms with E-state index in [1.807, 2.05) is 0 Å². The number of hydrogen-bond donors (Lipinski definition) is 3. The minimum absolute atomic E-state index is 0.230. The summed E-state index contributed by atoms with van der Waals surface area (Å²) in [6.07, 6.45) is 5.74. The van der Waals surface area contributed by atoms with Crippen LogP contribution in [0.3, 0.4) is 0 Å². The summed E-state index contributed by atoms with van der Waals surface area (Å²) in [5.74, 6) is -0.597. The van der Waals surface area contributed by atoms with E-state index in [2.05, 4.69) is 10.2 Å². The summed E-state index contributed by atoms with van der Waals surface area (Å²) in [6, 6.07) is 0.0315. The maximum atomic E-state index is 11.2. The van der Waals surface area contributed by atoms with Gasteiger partial charge < -0.3 is 15.5 Å². The minimum atomic E-state index is -0.746. The number of piperidine rings is 2.